The van der Waals surface area contributed by atoms with Crippen LogP contribution in [0.2, 0.25) is 36.3 Å². The molecule has 0 amide bonds. The summed E-state index contributed by atoms with van der Waals surface area (Å²) in [4.78, 5) is 2.48. The molecule has 2 nitrogen and oxygen atoms in total. The molecule has 8 heteroatoms. The fourth-order valence-electron chi connectivity index (χ4n) is 2.13. The van der Waals surface area contributed by atoms with Gasteiger partial charge in [0.1, 0.15) is 11.5 Å². The lowest BCUT2D eigenvalue weighted by Gasteiger charge is -2.36. The molecule has 0 aromatic heterocycles. The summed E-state index contributed by atoms with van der Waals surface area (Å²) in [5.74, 6) is 1.96. The van der Waals surface area contributed by atoms with E-state index in [1.807, 2.05) is 0 Å². The van der Waals surface area contributed by atoms with E-state index < -0.39 is 16.6 Å². The van der Waals surface area contributed by atoms with Crippen LogP contribution in [0.4, 0.5) is 0 Å². The molecule has 0 spiro atoms. The van der Waals surface area contributed by atoms with Gasteiger partial charge in [0.2, 0.25) is 16.6 Å². The zero-order valence-electron chi connectivity index (χ0n) is 21.1. The van der Waals surface area contributed by atoms with Crippen LogP contribution < -0.4 is 8.85 Å². The van der Waals surface area contributed by atoms with Gasteiger partial charge in [-0.1, -0.05) is 41.5 Å². The lowest BCUT2D eigenvalue weighted by atomic mass is 10.2. The molecule has 0 bridgehead atoms. The van der Waals surface area contributed by atoms with E-state index in [4.69, 9.17) is 8.85 Å². The zero-order valence-corrected chi connectivity index (χ0v) is 26.3. The summed E-state index contributed by atoms with van der Waals surface area (Å²) in [5, 5.41) is 0.415. The van der Waals surface area contributed by atoms with Crippen LogP contribution in [-0.2, 0) is 0 Å². The van der Waals surface area contributed by atoms with Crippen molar-refractivity contribution in [3.05, 3.63) is 48.5 Å². The molecule has 2 rings (SSSR count). The van der Waals surface area contributed by atoms with E-state index in [2.05, 4.69) is 116 Å². The van der Waals surface area contributed by atoms with Crippen molar-refractivity contribution < 1.29 is 8.85 Å². The van der Waals surface area contributed by atoms with Crippen molar-refractivity contribution in [3.8, 4) is 11.5 Å². The van der Waals surface area contributed by atoms with Crippen LogP contribution in [0, 0.1) is 0 Å². The number of hydrogen-bond acceptors (Lipinski definition) is 6. The highest BCUT2D eigenvalue weighted by molar-refractivity contribution is 9.26. The number of benzene rings is 2. The normalized spacial score (nSPS) is 13.2. The predicted molar refractivity (Wildman–Crippen MR) is 155 cm³/mol. The highest BCUT2D eigenvalue weighted by Crippen LogP contribution is 2.49. The lowest BCUT2D eigenvalue weighted by Crippen LogP contribution is -2.43. The smallest absolute Gasteiger partial charge is 0.250 e. The van der Waals surface area contributed by atoms with Gasteiger partial charge in [0.25, 0.3) is 0 Å². The second kappa shape index (κ2) is 11.1. The van der Waals surface area contributed by atoms with Crippen LogP contribution in [0.5, 0.6) is 11.5 Å². The molecule has 2 aromatic rings. The van der Waals surface area contributed by atoms with Crippen LogP contribution in [0.1, 0.15) is 41.5 Å². The van der Waals surface area contributed by atoms with Crippen LogP contribution in [-0.4, -0.2) is 16.6 Å². The summed E-state index contributed by atoms with van der Waals surface area (Å²) >= 11 is 0. The summed E-state index contributed by atoms with van der Waals surface area (Å²) < 4.78 is 12.7. The summed E-state index contributed by atoms with van der Waals surface area (Å²) in [6, 6.07) is 17.0. The first-order chi connectivity index (χ1) is 14.6. The quantitative estimate of drug-likeness (QED) is 0.177. The summed E-state index contributed by atoms with van der Waals surface area (Å²) in [7, 11) is 3.56. The van der Waals surface area contributed by atoms with Crippen molar-refractivity contribution in [2.75, 3.05) is 0 Å². The van der Waals surface area contributed by atoms with Gasteiger partial charge < -0.3 is 8.85 Å². The van der Waals surface area contributed by atoms with Gasteiger partial charge in [0, 0.05) is 9.79 Å². The second-order valence-electron chi connectivity index (χ2n) is 11.0. The van der Waals surface area contributed by atoms with Crippen molar-refractivity contribution in [2.45, 2.75) is 87.6 Å². The minimum absolute atomic E-state index is 0.208. The molecule has 0 unspecified atom stereocenters. The Hall–Kier alpha value is -0.126. The first-order valence-electron chi connectivity index (χ1n) is 10.9. The molecular formula is C24H38O2S4Si2. The third kappa shape index (κ3) is 8.27. The molecule has 0 aliphatic heterocycles. The molecule has 0 saturated carbocycles. The third-order valence-electron chi connectivity index (χ3n) is 6.29. The van der Waals surface area contributed by atoms with E-state index in [0.29, 0.717) is 0 Å². The van der Waals surface area contributed by atoms with Gasteiger partial charge in [-0.3, -0.25) is 0 Å². The average Bonchev–Trinajstić information content (AvgIpc) is 2.65. The topological polar surface area (TPSA) is 18.5 Å². The number of hydrogen-bond donors (Lipinski definition) is 0. The fraction of sp³-hybridized carbons (Fsp3) is 0.500. The number of rotatable bonds is 9. The minimum Gasteiger partial charge on any atom is -0.544 e. The lowest BCUT2D eigenvalue weighted by molar-refractivity contribution is 0.491. The molecule has 0 N–H and O–H groups in total. The van der Waals surface area contributed by atoms with Crippen LogP contribution in [0.25, 0.3) is 0 Å². The van der Waals surface area contributed by atoms with Gasteiger partial charge >= 0.3 is 0 Å². The molecule has 0 radical (unpaired) electrons. The third-order valence-corrected chi connectivity index (χ3v) is 21.1. The molecule has 0 heterocycles. The summed E-state index contributed by atoms with van der Waals surface area (Å²) in [5.41, 5.74) is 0. The Balaban J connectivity index is 1.79. The molecule has 2 aromatic carbocycles. The summed E-state index contributed by atoms with van der Waals surface area (Å²) in [6.07, 6.45) is 0. The maximum atomic E-state index is 6.37. The van der Waals surface area contributed by atoms with Gasteiger partial charge in [-0.05, 0) is 126 Å². The van der Waals surface area contributed by atoms with Crippen LogP contribution in [0.15, 0.2) is 58.3 Å². The van der Waals surface area contributed by atoms with Crippen molar-refractivity contribution in [3.63, 3.8) is 0 Å². The van der Waals surface area contributed by atoms with E-state index >= 15 is 0 Å². The van der Waals surface area contributed by atoms with Crippen molar-refractivity contribution >= 4 is 57.9 Å². The van der Waals surface area contributed by atoms with Crippen LogP contribution in [0.3, 0.4) is 0 Å². The van der Waals surface area contributed by atoms with Gasteiger partial charge in [-0.25, -0.2) is 0 Å². The Kier molecular flexibility index (Phi) is 9.73. The second-order valence-corrected chi connectivity index (χ2v) is 26.2. The largest absolute Gasteiger partial charge is 0.544 e. The van der Waals surface area contributed by atoms with Crippen molar-refractivity contribution in [1.29, 1.82) is 0 Å². The van der Waals surface area contributed by atoms with Crippen LogP contribution >= 0.6 is 41.2 Å². The maximum absolute atomic E-state index is 6.37. The molecule has 0 fully saturated rings. The Bertz CT molecular complexity index is 782. The van der Waals surface area contributed by atoms with Crippen molar-refractivity contribution in [2.24, 2.45) is 0 Å². The van der Waals surface area contributed by atoms with E-state index in [-0.39, 0.29) is 10.1 Å². The molecule has 32 heavy (non-hydrogen) atoms. The first kappa shape index (κ1) is 28.1. The van der Waals surface area contributed by atoms with Gasteiger partial charge in [0.15, 0.2) is 0 Å². The molecule has 0 aliphatic rings. The Morgan fingerprint density at radius 3 is 1.06 bits per heavy atom. The van der Waals surface area contributed by atoms with Gasteiger partial charge in [0.05, 0.1) is 0 Å². The fourth-order valence-corrected chi connectivity index (χ4v) is 9.62. The Morgan fingerprint density at radius 2 is 0.812 bits per heavy atom. The highest BCUT2D eigenvalue weighted by atomic mass is 33.7. The van der Waals surface area contributed by atoms with E-state index in [9.17, 15) is 0 Å². The molecule has 0 saturated heterocycles. The highest BCUT2D eigenvalue weighted by Gasteiger charge is 2.39. The predicted octanol–water partition coefficient (Wildman–Crippen LogP) is 10.6. The monoisotopic (exact) mass is 542 g/mol. The molecule has 0 atom stereocenters. The van der Waals surface area contributed by atoms with Crippen molar-refractivity contribution in [1.82, 2.24) is 0 Å². The average molecular weight is 543 g/mol. The first-order valence-corrected chi connectivity index (χ1v) is 21.5. The standard InChI is InChI=1S/C24H38O2S4Si2/c1-23(2,3)31(7,8)25-19-11-15-21(16-12-19)27-29-30-28-22-17-13-20(14-18-22)26-32(9,10)24(4,5)6/h11-18H,1-10H3. The SMILES string of the molecule is CC(C)(C)[Si](C)(C)Oc1ccc(SSSSc2ccc(O[Si](C)(C)C(C)(C)C)cc2)cc1. The summed E-state index contributed by atoms with van der Waals surface area (Å²) in [6.45, 7) is 22.7. The minimum atomic E-state index is -1.79. The van der Waals surface area contributed by atoms with E-state index in [1.165, 1.54) is 9.79 Å². The van der Waals surface area contributed by atoms with E-state index in [1.54, 1.807) is 41.2 Å². The van der Waals surface area contributed by atoms with E-state index in [0.717, 1.165) is 11.5 Å². The zero-order chi connectivity index (χ0) is 24.2. The maximum Gasteiger partial charge on any atom is 0.250 e. The van der Waals surface area contributed by atoms with Gasteiger partial charge in [-0.15, -0.1) is 0 Å². The molecular weight excluding hydrogens is 505 g/mol. The Morgan fingerprint density at radius 1 is 0.531 bits per heavy atom. The molecule has 178 valence electrons. The Labute approximate surface area is 213 Å². The molecule has 0 aliphatic carbocycles. The van der Waals surface area contributed by atoms with Gasteiger partial charge in [-0.2, -0.15) is 0 Å².